The quantitative estimate of drug-likeness (QED) is 0.441. The summed E-state index contributed by atoms with van der Waals surface area (Å²) in [7, 11) is 0. The van der Waals surface area contributed by atoms with Crippen LogP contribution in [0.25, 0.3) is 10.9 Å². The Kier molecular flexibility index (Phi) is 8.57. The molecule has 1 aromatic carbocycles. The molecule has 0 N–H and O–H groups in total. The van der Waals surface area contributed by atoms with Crippen molar-refractivity contribution in [2.75, 3.05) is 0 Å². The second-order valence-corrected chi connectivity index (χ2v) is 2.11. The Balaban J connectivity index is 0. The van der Waals surface area contributed by atoms with Crippen LogP contribution in [0.1, 0.15) is 0 Å². The molecule has 0 aliphatic rings. The second-order valence-electron chi connectivity index (χ2n) is 2.11. The molecule has 1 heterocycles. The van der Waals surface area contributed by atoms with Crippen LogP contribution < -0.4 is 24.8 Å². The van der Waals surface area contributed by atoms with Gasteiger partial charge in [-0.25, -0.2) is 0 Å². The fraction of sp³-hybridized carbons (Fsp3) is 0. The van der Waals surface area contributed by atoms with E-state index in [9.17, 15) is 0 Å². The van der Waals surface area contributed by atoms with Crippen molar-refractivity contribution in [2.45, 2.75) is 0 Å². The normalized spacial score (nSPS) is 7.69. The molecule has 0 atom stereocenters. The molecule has 0 spiro atoms. The van der Waals surface area contributed by atoms with E-state index in [2.05, 4.69) is 11.1 Å². The average molecular weight is 269 g/mol. The first-order valence-electron chi connectivity index (χ1n) is 3.18. The fourth-order valence-corrected chi connectivity index (χ4v) is 0.952. The van der Waals surface area contributed by atoms with Crippen molar-refractivity contribution in [3.63, 3.8) is 0 Å². The molecular weight excluding hydrogens is 263 g/mol. The number of hydrogen-bond acceptors (Lipinski definition) is 1. The van der Waals surface area contributed by atoms with Gasteiger partial charge in [0.05, 0.1) is 5.52 Å². The summed E-state index contributed by atoms with van der Waals surface area (Å²) in [6.45, 7) is 0. The molecule has 0 amide bonds. The minimum atomic E-state index is 0. The molecule has 2 rings (SSSR count). The molecule has 2 aromatic rings. The number of pyridine rings is 1. The smallest absolute Gasteiger partial charge is 0.0781 e. The Bertz CT molecular complexity index is 289. The molecule has 66 valence electrons. The van der Waals surface area contributed by atoms with E-state index in [0.717, 1.165) is 10.9 Å². The van der Waals surface area contributed by atoms with Gasteiger partial charge in [0.2, 0.25) is 0 Å². The summed E-state index contributed by atoms with van der Waals surface area (Å²) in [6.07, 6.45) is 1.78. The van der Waals surface area contributed by atoms with Crippen molar-refractivity contribution >= 4 is 30.7 Å². The number of fused-ring (bicyclic) bond motifs is 1. The van der Waals surface area contributed by atoms with Crippen molar-refractivity contribution in [1.29, 1.82) is 0 Å². The molecule has 0 aliphatic heterocycles. The molecule has 4 heteroatoms. The van der Waals surface area contributed by atoms with Gasteiger partial charge >= 0.3 is 0 Å². The van der Waals surface area contributed by atoms with Gasteiger partial charge in [-0.15, -0.1) is 0 Å². The first-order valence-corrected chi connectivity index (χ1v) is 3.18. The zero-order valence-corrected chi connectivity index (χ0v) is 10.7. The summed E-state index contributed by atoms with van der Waals surface area (Å²) in [5.74, 6) is 0. The van der Waals surface area contributed by atoms with Gasteiger partial charge in [-0.2, -0.15) is 0 Å². The van der Waals surface area contributed by atoms with Gasteiger partial charge in [-0.05, 0) is 6.07 Å². The number of hydrogen-bond donors (Lipinski definition) is 0. The number of nitrogens with zero attached hydrogens (tertiary/aromatic N) is 1. The fourth-order valence-electron chi connectivity index (χ4n) is 0.952. The van der Waals surface area contributed by atoms with E-state index in [0.29, 0.717) is 0 Å². The van der Waals surface area contributed by atoms with Crippen LogP contribution in [0.3, 0.4) is 0 Å². The summed E-state index contributed by atoms with van der Waals surface area (Å²) in [6, 6.07) is 12.9. The number of para-hydroxylation sites is 1. The molecule has 0 aliphatic carbocycles. The van der Waals surface area contributed by atoms with E-state index in [1.807, 2.05) is 30.3 Å². The molecule has 0 unspecified atom stereocenters. The maximum absolute atomic E-state index is 4.13. The first-order chi connectivity index (χ1) is 4.97. The summed E-state index contributed by atoms with van der Waals surface area (Å²) in [5, 5.41) is 1.14. The number of benzene rings is 1. The van der Waals surface area contributed by atoms with E-state index in [-0.39, 0.29) is 44.6 Å². The number of rotatable bonds is 0. The molecule has 13 heavy (non-hydrogen) atoms. The summed E-state index contributed by atoms with van der Waals surface area (Å²) >= 11 is 0. The van der Waals surface area contributed by atoms with Crippen LogP contribution in [-0.4, -0.2) is 24.8 Å². The van der Waals surface area contributed by atoms with Crippen molar-refractivity contribution in [1.82, 2.24) is 4.98 Å². The van der Waals surface area contributed by atoms with E-state index >= 15 is 0 Å². The predicted octanol–water partition coefficient (Wildman–Crippen LogP) is -4.34. The summed E-state index contributed by atoms with van der Waals surface area (Å²) in [5.41, 5.74) is 0.935. The van der Waals surface area contributed by atoms with Gasteiger partial charge in [-0.1, -0.05) is 24.3 Å². The van der Waals surface area contributed by atoms with Crippen LogP contribution in [0.4, 0.5) is 0 Å². The predicted molar refractivity (Wildman–Crippen MR) is 46.3 cm³/mol. The largest absolute Gasteiger partial charge is 1.00 e. The van der Waals surface area contributed by atoms with Crippen molar-refractivity contribution in [3.8, 4) is 0 Å². The van der Waals surface area contributed by atoms with Crippen LogP contribution in [-0.2, 0) is 0 Å². The van der Waals surface area contributed by atoms with Gasteiger partial charge in [0.1, 0.15) is 0 Å². The van der Waals surface area contributed by atoms with Crippen LogP contribution in [0.15, 0.2) is 36.5 Å². The van der Waals surface area contributed by atoms with Crippen molar-refractivity contribution < 1.29 is 24.8 Å². The third-order valence-electron chi connectivity index (χ3n) is 1.43. The minimum absolute atomic E-state index is 0. The van der Waals surface area contributed by atoms with E-state index in [4.69, 9.17) is 0 Å². The van der Waals surface area contributed by atoms with Crippen molar-refractivity contribution in [3.05, 3.63) is 42.6 Å². The molecule has 1 aromatic heterocycles. The van der Waals surface area contributed by atoms with Gasteiger partial charge in [-0.3, -0.25) is 4.98 Å². The molecule has 0 saturated heterocycles. The second kappa shape index (κ2) is 7.27. The van der Waals surface area contributed by atoms with Crippen LogP contribution >= 0.6 is 0 Å². The summed E-state index contributed by atoms with van der Waals surface area (Å²) in [4.78, 5) is 4.13. The van der Waals surface area contributed by atoms with Crippen LogP contribution in [0.5, 0.6) is 0 Å². The monoisotopic (exact) mass is 267 g/mol. The van der Waals surface area contributed by atoms with Crippen molar-refractivity contribution in [2.24, 2.45) is 0 Å². The maximum Gasteiger partial charge on any atom is 0.0781 e. The number of aromatic nitrogens is 1. The standard InChI is InChI=1S/C9H6N.2ClH.Ga/c1-2-6-9-8(4-1)5-3-7-10-9;;;/h1-5,7H;2*1H;/p-2. The molecule has 0 fully saturated rings. The molecular formula is C9H6Cl2GaN-2. The van der Waals surface area contributed by atoms with E-state index < -0.39 is 0 Å². The van der Waals surface area contributed by atoms with Gasteiger partial charge in [0.25, 0.3) is 0 Å². The molecule has 0 bridgehead atoms. The Morgan fingerprint density at radius 1 is 1.08 bits per heavy atom. The summed E-state index contributed by atoms with van der Waals surface area (Å²) < 4.78 is 0. The number of halogens is 2. The van der Waals surface area contributed by atoms with Crippen LogP contribution in [0.2, 0.25) is 0 Å². The Labute approximate surface area is 103 Å². The zero-order chi connectivity index (χ0) is 6.81. The van der Waals surface area contributed by atoms with Gasteiger partial charge in [0.15, 0.2) is 0 Å². The Morgan fingerprint density at radius 2 is 1.77 bits per heavy atom. The average Bonchev–Trinajstić information content (AvgIpc) is 2.05. The third kappa shape index (κ3) is 3.61. The van der Waals surface area contributed by atoms with Gasteiger partial charge < -0.3 is 24.8 Å². The Hall–Kier alpha value is -0.154. The Morgan fingerprint density at radius 3 is 2.46 bits per heavy atom. The first kappa shape index (κ1) is 15.3. The molecule has 0 saturated carbocycles. The maximum atomic E-state index is 4.13. The third-order valence-corrected chi connectivity index (χ3v) is 1.43. The minimum Gasteiger partial charge on any atom is -1.00 e. The topological polar surface area (TPSA) is 12.9 Å². The molecule has 1 nitrogen and oxygen atoms in total. The molecule has 4 radical (unpaired) electrons. The van der Waals surface area contributed by atoms with Crippen LogP contribution in [0, 0.1) is 6.07 Å². The zero-order valence-electron chi connectivity index (χ0n) is 6.74. The van der Waals surface area contributed by atoms with E-state index in [1.165, 1.54) is 0 Å². The SMILES string of the molecule is [Cl-].[Cl-].[Ga].[c]1cccc2cccnc12. The van der Waals surface area contributed by atoms with Gasteiger partial charge in [0, 0.05) is 37.4 Å². The van der Waals surface area contributed by atoms with E-state index in [1.54, 1.807) is 6.20 Å².